The summed E-state index contributed by atoms with van der Waals surface area (Å²) < 4.78 is 5.98. The smallest absolute Gasteiger partial charge is 0.322 e. The summed E-state index contributed by atoms with van der Waals surface area (Å²) in [6, 6.07) is 5.72. The SMILES string of the molecule is CC(=O)N1CCc2cc(NC(=O)N3C[C@H](C)O[C@@H](C4CC4)C3)ccc21. The number of carbonyl (C=O) groups is 2. The van der Waals surface area contributed by atoms with Gasteiger partial charge < -0.3 is 19.9 Å². The number of nitrogens with one attached hydrogen (secondary N) is 1. The molecule has 0 spiro atoms. The van der Waals surface area contributed by atoms with Crippen molar-refractivity contribution in [2.45, 2.75) is 45.3 Å². The lowest BCUT2D eigenvalue weighted by molar-refractivity contribution is -0.116. The Morgan fingerprint density at radius 1 is 1.24 bits per heavy atom. The number of urea groups is 1. The number of carbonyl (C=O) groups excluding carboxylic acids is 2. The number of ether oxygens (including phenoxy) is 1. The molecule has 0 aromatic heterocycles. The highest BCUT2D eigenvalue weighted by molar-refractivity contribution is 5.95. The second kappa shape index (κ2) is 6.33. The van der Waals surface area contributed by atoms with E-state index in [2.05, 4.69) is 5.32 Å². The summed E-state index contributed by atoms with van der Waals surface area (Å²) in [4.78, 5) is 28.0. The van der Waals surface area contributed by atoms with Crippen LogP contribution in [-0.4, -0.2) is 48.7 Å². The van der Waals surface area contributed by atoms with Crippen LogP contribution >= 0.6 is 0 Å². The Hall–Kier alpha value is -2.08. The summed E-state index contributed by atoms with van der Waals surface area (Å²) in [7, 11) is 0. The summed E-state index contributed by atoms with van der Waals surface area (Å²) in [5, 5.41) is 3.01. The van der Waals surface area contributed by atoms with Crippen molar-refractivity contribution in [2.24, 2.45) is 5.92 Å². The first-order chi connectivity index (χ1) is 12.0. The molecule has 1 N–H and O–H groups in total. The number of hydrogen-bond donors (Lipinski definition) is 1. The van der Waals surface area contributed by atoms with Crippen molar-refractivity contribution in [3.05, 3.63) is 23.8 Å². The number of morpholine rings is 1. The van der Waals surface area contributed by atoms with Gasteiger partial charge in [0.1, 0.15) is 0 Å². The van der Waals surface area contributed by atoms with Gasteiger partial charge in [-0.1, -0.05) is 0 Å². The van der Waals surface area contributed by atoms with Gasteiger partial charge in [-0.3, -0.25) is 4.79 Å². The molecule has 2 fully saturated rings. The maximum atomic E-state index is 12.7. The van der Waals surface area contributed by atoms with E-state index in [0.717, 1.165) is 23.4 Å². The fraction of sp³-hybridized carbons (Fsp3) is 0.579. The number of nitrogens with zero attached hydrogens (tertiary/aromatic N) is 2. The van der Waals surface area contributed by atoms with E-state index in [1.807, 2.05) is 30.0 Å². The fourth-order valence-electron chi connectivity index (χ4n) is 3.89. The monoisotopic (exact) mass is 343 g/mol. The van der Waals surface area contributed by atoms with E-state index in [1.54, 1.807) is 11.8 Å². The molecule has 1 aromatic rings. The third-order valence-corrected chi connectivity index (χ3v) is 5.33. The van der Waals surface area contributed by atoms with Crippen molar-refractivity contribution < 1.29 is 14.3 Å². The molecule has 3 aliphatic rings. The molecule has 0 bridgehead atoms. The van der Waals surface area contributed by atoms with Gasteiger partial charge in [-0.2, -0.15) is 0 Å². The van der Waals surface area contributed by atoms with Gasteiger partial charge in [0.15, 0.2) is 0 Å². The zero-order valence-electron chi connectivity index (χ0n) is 14.8. The first-order valence-corrected chi connectivity index (χ1v) is 9.13. The van der Waals surface area contributed by atoms with Crippen LogP contribution in [-0.2, 0) is 16.0 Å². The Bertz CT molecular complexity index is 701. The summed E-state index contributed by atoms with van der Waals surface area (Å²) in [6.07, 6.45) is 3.51. The van der Waals surface area contributed by atoms with Crippen LogP contribution in [0.4, 0.5) is 16.2 Å². The van der Waals surface area contributed by atoms with Gasteiger partial charge in [0.05, 0.1) is 12.2 Å². The zero-order chi connectivity index (χ0) is 17.6. The summed E-state index contributed by atoms with van der Waals surface area (Å²) >= 11 is 0. The van der Waals surface area contributed by atoms with Crippen LogP contribution < -0.4 is 10.2 Å². The van der Waals surface area contributed by atoms with Gasteiger partial charge >= 0.3 is 6.03 Å². The number of fused-ring (bicyclic) bond motifs is 1. The molecular weight excluding hydrogens is 318 g/mol. The topological polar surface area (TPSA) is 61.9 Å². The van der Waals surface area contributed by atoms with Crippen LogP contribution in [0.5, 0.6) is 0 Å². The Morgan fingerprint density at radius 3 is 2.76 bits per heavy atom. The van der Waals surface area contributed by atoms with E-state index in [1.165, 1.54) is 12.8 Å². The van der Waals surface area contributed by atoms with E-state index in [0.29, 0.717) is 25.6 Å². The molecule has 0 radical (unpaired) electrons. The highest BCUT2D eigenvalue weighted by Crippen LogP contribution is 2.37. The molecule has 6 nitrogen and oxygen atoms in total. The van der Waals surface area contributed by atoms with Crippen LogP contribution in [0.2, 0.25) is 0 Å². The second-order valence-electron chi connectivity index (χ2n) is 7.42. The lowest BCUT2D eigenvalue weighted by Crippen LogP contribution is -2.51. The van der Waals surface area contributed by atoms with Crippen LogP contribution in [0, 0.1) is 5.92 Å². The zero-order valence-corrected chi connectivity index (χ0v) is 14.8. The summed E-state index contributed by atoms with van der Waals surface area (Å²) in [5.74, 6) is 0.680. The van der Waals surface area contributed by atoms with Crippen LogP contribution in [0.15, 0.2) is 18.2 Å². The van der Waals surface area contributed by atoms with Crippen molar-refractivity contribution in [2.75, 3.05) is 29.9 Å². The van der Waals surface area contributed by atoms with Gasteiger partial charge in [-0.15, -0.1) is 0 Å². The number of hydrogen-bond acceptors (Lipinski definition) is 3. The largest absolute Gasteiger partial charge is 0.371 e. The third-order valence-electron chi connectivity index (χ3n) is 5.33. The predicted octanol–water partition coefficient (Wildman–Crippen LogP) is 2.63. The van der Waals surface area contributed by atoms with Crippen LogP contribution in [0.3, 0.4) is 0 Å². The number of anilines is 2. The van der Waals surface area contributed by atoms with Gasteiger partial charge in [0.25, 0.3) is 0 Å². The van der Waals surface area contributed by atoms with E-state index in [4.69, 9.17) is 4.74 Å². The fourth-order valence-corrected chi connectivity index (χ4v) is 3.89. The molecule has 2 heterocycles. The second-order valence-corrected chi connectivity index (χ2v) is 7.42. The number of rotatable bonds is 2. The highest BCUT2D eigenvalue weighted by Gasteiger charge is 2.38. The third kappa shape index (κ3) is 3.35. The summed E-state index contributed by atoms with van der Waals surface area (Å²) in [6.45, 7) is 5.62. The van der Waals surface area contributed by atoms with Gasteiger partial charge in [0, 0.05) is 37.9 Å². The standard InChI is InChI=1S/C19H25N3O3/c1-12-10-21(11-18(25-12)14-3-4-14)19(24)20-16-5-6-17-15(9-16)7-8-22(17)13(2)23/h5-6,9,12,14,18H,3-4,7-8,10-11H2,1-2H3,(H,20,24)/t12-,18+/m0/s1. The Morgan fingerprint density at radius 2 is 2.04 bits per heavy atom. The van der Waals surface area contributed by atoms with Crippen molar-refractivity contribution in [3.8, 4) is 0 Å². The molecule has 134 valence electrons. The predicted molar refractivity (Wildman–Crippen MR) is 95.8 cm³/mol. The van der Waals surface area contributed by atoms with E-state index >= 15 is 0 Å². The molecule has 1 saturated carbocycles. The first-order valence-electron chi connectivity index (χ1n) is 9.13. The Labute approximate surface area is 148 Å². The average molecular weight is 343 g/mol. The molecular formula is C19H25N3O3. The Balaban J connectivity index is 1.43. The molecule has 1 aliphatic carbocycles. The average Bonchev–Trinajstić information content (AvgIpc) is 3.33. The lowest BCUT2D eigenvalue weighted by atomic mass is 10.1. The normalized spacial score (nSPS) is 25.7. The van der Waals surface area contributed by atoms with E-state index < -0.39 is 0 Å². The van der Waals surface area contributed by atoms with Crippen molar-refractivity contribution in [1.82, 2.24) is 4.90 Å². The molecule has 25 heavy (non-hydrogen) atoms. The molecule has 6 heteroatoms. The quantitative estimate of drug-likeness (QED) is 0.898. The first kappa shape index (κ1) is 16.4. The lowest BCUT2D eigenvalue weighted by Gasteiger charge is -2.37. The van der Waals surface area contributed by atoms with Crippen molar-refractivity contribution in [1.29, 1.82) is 0 Å². The maximum absolute atomic E-state index is 12.7. The van der Waals surface area contributed by atoms with Gasteiger partial charge in [0.2, 0.25) is 5.91 Å². The molecule has 2 atom stereocenters. The number of amides is 3. The highest BCUT2D eigenvalue weighted by atomic mass is 16.5. The minimum Gasteiger partial charge on any atom is -0.371 e. The molecule has 1 saturated heterocycles. The number of benzene rings is 1. The molecule has 0 unspecified atom stereocenters. The van der Waals surface area contributed by atoms with Crippen LogP contribution in [0.25, 0.3) is 0 Å². The van der Waals surface area contributed by atoms with Gasteiger partial charge in [-0.25, -0.2) is 4.79 Å². The minimum atomic E-state index is -0.0674. The van der Waals surface area contributed by atoms with Gasteiger partial charge in [-0.05, 0) is 55.9 Å². The Kier molecular flexibility index (Phi) is 4.15. The minimum absolute atomic E-state index is 0.0592. The molecule has 3 amide bonds. The summed E-state index contributed by atoms with van der Waals surface area (Å²) in [5.41, 5.74) is 2.86. The maximum Gasteiger partial charge on any atom is 0.322 e. The van der Waals surface area contributed by atoms with Crippen molar-refractivity contribution >= 4 is 23.3 Å². The van der Waals surface area contributed by atoms with E-state index in [-0.39, 0.29) is 24.1 Å². The van der Waals surface area contributed by atoms with E-state index in [9.17, 15) is 9.59 Å². The van der Waals surface area contributed by atoms with Crippen molar-refractivity contribution in [3.63, 3.8) is 0 Å². The molecule has 4 rings (SSSR count). The molecule has 1 aromatic carbocycles. The van der Waals surface area contributed by atoms with Crippen LogP contribution in [0.1, 0.15) is 32.3 Å². The molecule has 2 aliphatic heterocycles.